The van der Waals surface area contributed by atoms with Gasteiger partial charge in [-0.1, -0.05) is 0 Å². The molecule has 0 bridgehead atoms. The number of hydrogen-bond donors (Lipinski definition) is 1. The Labute approximate surface area is 168 Å². The number of anilines is 1. The summed E-state index contributed by atoms with van der Waals surface area (Å²) < 4.78 is 37.7. The van der Waals surface area contributed by atoms with Crippen molar-refractivity contribution in [2.45, 2.75) is 0 Å². The van der Waals surface area contributed by atoms with Crippen molar-refractivity contribution in [1.29, 1.82) is 0 Å². The van der Waals surface area contributed by atoms with Crippen LogP contribution >= 0.6 is 0 Å². The molecule has 8 heteroatoms. The molecule has 2 aromatic heterocycles. The molecular formula is C22H14F2N2O4. The normalized spacial score (nSPS) is 10.7. The fourth-order valence-electron chi connectivity index (χ4n) is 2.87. The second-order valence-corrected chi connectivity index (χ2v) is 6.38. The van der Waals surface area contributed by atoms with Gasteiger partial charge in [-0.25, -0.2) is 13.6 Å². The molecule has 0 aliphatic rings. The fourth-order valence-corrected chi connectivity index (χ4v) is 2.87. The summed E-state index contributed by atoms with van der Waals surface area (Å²) in [6, 6.07) is 12.3. The SMILES string of the molecule is O=C(COc1ccc2cc(-c3cc(F)cc(F)c3)c(=O)oc2c1)Nc1ccncc1. The highest BCUT2D eigenvalue weighted by Crippen LogP contribution is 2.25. The highest BCUT2D eigenvalue weighted by Gasteiger charge is 2.12. The zero-order chi connectivity index (χ0) is 21.1. The van der Waals surface area contributed by atoms with Crippen molar-refractivity contribution in [3.63, 3.8) is 0 Å². The Morgan fingerprint density at radius 3 is 2.47 bits per heavy atom. The van der Waals surface area contributed by atoms with Crippen LogP contribution in [0.25, 0.3) is 22.1 Å². The number of aromatic nitrogens is 1. The van der Waals surface area contributed by atoms with E-state index in [4.69, 9.17) is 9.15 Å². The number of nitrogens with one attached hydrogen (secondary N) is 1. The van der Waals surface area contributed by atoms with Gasteiger partial charge in [0.1, 0.15) is 23.0 Å². The van der Waals surface area contributed by atoms with E-state index in [9.17, 15) is 18.4 Å². The molecule has 2 aromatic carbocycles. The molecule has 2 heterocycles. The Hall–Kier alpha value is -4.07. The number of halogens is 2. The van der Waals surface area contributed by atoms with Crippen LogP contribution < -0.4 is 15.7 Å². The number of amides is 1. The molecule has 1 N–H and O–H groups in total. The van der Waals surface area contributed by atoms with Crippen LogP contribution in [-0.2, 0) is 4.79 Å². The minimum absolute atomic E-state index is 0.0336. The summed E-state index contributed by atoms with van der Waals surface area (Å²) in [6.07, 6.45) is 3.10. The van der Waals surface area contributed by atoms with E-state index < -0.39 is 17.3 Å². The number of nitrogens with zero attached hydrogens (tertiary/aromatic N) is 1. The highest BCUT2D eigenvalue weighted by molar-refractivity contribution is 5.91. The Morgan fingerprint density at radius 1 is 1.00 bits per heavy atom. The summed E-state index contributed by atoms with van der Waals surface area (Å²) in [7, 11) is 0. The van der Waals surface area contributed by atoms with E-state index in [2.05, 4.69) is 10.3 Å². The van der Waals surface area contributed by atoms with Crippen LogP contribution in [0.4, 0.5) is 14.5 Å². The van der Waals surface area contributed by atoms with Gasteiger partial charge < -0.3 is 14.5 Å². The first-order valence-corrected chi connectivity index (χ1v) is 8.85. The average molecular weight is 408 g/mol. The summed E-state index contributed by atoms with van der Waals surface area (Å²) >= 11 is 0. The van der Waals surface area contributed by atoms with Crippen LogP contribution in [0.3, 0.4) is 0 Å². The molecular weight excluding hydrogens is 394 g/mol. The van der Waals surface area contributed by atoms with Crippen LogP contribution in [0.1, 0.15) is 0 Å². The van der Waals surface area contributed by atoms with Crippen molar-refractivity contribution in [2.75, 3.05) is 11.9 Å². The van der Waals surface area contributed by atoms with Gasteiger partial charge in [0.25, 0.3) is 5.91 Å². The quantitative estimate of drug-likeness (QED) is 0.502. The first-order chi connectivity index (χ1) is 14.5. The van der Waals surface area contributed by atoms with Gasteiger partial charge >= 0.3 is 5.63 Å². The van der Waals surface area contributed by atoms with Gasteiger partial charge in [0.2, 0.25) is 0 Å². The molecule has 1 amide bonds. The third-order valence-electron chi connectivity index (χ3n) is 4.22. The molecule has 0 saturated carbocycles. The number of carbonyl (C=O) groups excluding carboxylic acids is 1. The Kier molecular flexibility index (Phi) is 5.21. The molecule has 4 rings (SSSR count). The van der Waals surface area contributed by atoms with E-state index in [-0.39, 0.29) is 29.2 Å². The van der Waals surface area contributed by atoms with Gasteiger partial charge in [-0.3, -0.25) is 9.78 Å². The second-order valence-electron chi connectivity index (χ2n) is 6.38. The van der Waals surface area contributed by atoms with Crippen LogP contribution in [0.5, 0.6) is 5.75 Å². The maximum absolute atomic E-state index is 13.5. The third-order valence-corrected chi connectivity index (χ3v) is 4.22. The van der Waals surface area contributed by atoms with Gasteiger partial charge in [-0.15, -0.1) is 0 Å². The molecule has 0 atom stereocenters. The Balaban J connectivity index is 1.53. The van der Waals surface area contributed by atoms with Gasteiger partial charge in [0, 0.05) is 35.6 Å². The number of benzene rings is 2. The van der Waals surface area contributed by atoms with Crippen molar-refractivity contribution < 1.29 is 22.7 Å². The van der Waals surface area contributed by atoms with Crippen molar-refractivity contribution in [3.8, 4) is 16.9 Å². The molecule has 150 valence electrons. The molecule has 0 fully saturated rings. The van der Waals surface area contributed by atoms with Gasteiger partial charge in [0.15, 0.2) is 6.61 Å². The molecule has 0 aliphatic heterocycles. The lowest BCUT2D eigenvalue weighted by Gasteiger charge is -2.08. The largest absolute Gasteiger partial charge is 0.484 e. The predicted molar refractivity (Wildman–Crippen MR) is 106 cm³/mol. The smallest absolute Gasteiger partial charge is 0.344 e. The maximum atomic E-state index is 13.5. The summed E-state index contributed by atoms with van der Waals surface area (Å²) in [5.41, 5.74) is 0.166. The lowest BCUT2D eigenvalue weighted by molar-refractivity contribution is -0.118. The average Bonchev–Trinajstić information content (AvgIpc) is 2.71. The maximum Gasteiger partial charge on any atom is 0.344 e. The zero-order valence-electron chi connectivity index (χ0n) is 15.4. The van der Waals surface area contributed by atoms with E-state index in [1.54, 1.807) is 36.7 Å². The number of pyridine rings is 1. The summed E-state index contributed by atoms with van der Waals surface area (Å²) in [5, 5.41) is 3.18. The number of hydrogen-bond acceptors (Lipinski definition) is 5. The number of rotatable bonds is 5. The molecule has 6 nitrogen and oxygen atoms in total. The van der Waals surface area contributed by atoms with E-state index in [1.165, 1.54) is 12.1 Å². The Morgan fingerprint density at radius 2 is 1.73 bits per heavy atom. The fraction of sp³-hybridized carbons (Fsp3) is 0.0455. The van der Waals surface area contributed by atoms with Crippen molar-refractivity contribution in [3.05, 3.63) is 89.0 Å². The summed E-state index contributed by atoms with van der Waals surface area (Å²) in [5.74, 6) is -1.64. The first-order valence-electron chi connectivity index (χ1n) is 8.85. The third kappa shape index (κ3) is 4.33. The van der Waals surface area contributed by atoms with Gasteiger partial charge in [0.05, 0.1) is 5.56 Å². The van der Waals surface area contributed by atoms with Crippen molar-refractivity contribution in [2.24, 2.45) is 0 Å². The molecule has 0 saturated heterocycles. The molecule has 0 spiro atoms. The van der Waals surface area contributed by atoms with Crippen molar-refractivity contribution >= 4 is 22.6 Å². The minimum Gasteiger partial charge on any atom is -0.484 e. The van der Waals surface area contributed by atoms with Crippen LogP contribution in [0.2, 0.25) is 0 Å². The number of fused-ring (bicyclic) bond motifs is 1. The van der Waals surface area contributed by atoms with Gasteiger partial charge in [-0.05, 0) is 48.0 Å². The summed E-state index contributed by atoms with van der Waals surface area (Å²) in [6.45, 7) is -0.251. The topological polar surface area (TPSA) is 81.4 Å². The first kappa shape index (κ1) is 19.3. The van der Waals surface area contributed by atoms with Crippen molar-refractivity contribution in [1.82, 2.24) is 4.98 Å². The molecule has 4 aromatic rings. The van der Waals surface area contributed by atoms with E-state index in [1.807, 2.05) is 0 Å². The summed E-state index contributed by atoms with van der Waals surface area (Å²) in [4.78, 5) is 28.1. The van der Waals surface area contributed by atoms with Crippen LogP contribution in [0, 0.1) is 11.6 Å². The Bertz CT molecular complexity index is 1270. The monoisotopic (exact) mass is 408 g/mol. The highest BCUT2D eigenvalue weighted by atomic mass is 19.1. The van der Waals surface area contributed by atoms with Crippen LogP contribution in [-0.4, -0.2) is 17.5 Å². The molecule has 0 aliphatic carbocycles. The predicted octanol–water partition coefficient (Wildman–Crippen LogP) is 4.15. The lowest BCUT2D eigenvalue weighted by atomic mass is 10.1. The van der Waals surface area contributed by atoms with E-state index in [0.717, 1.165) is 18.2 Å². The zero-order valence-corrected chi connectivity index (χ0v) is 15.4. The molecule has 30 heavy (non-hydrogen) atoms. The number of ether oxygens (including phenoxy) is 1. The number of carbonyl (C=O) groups is 1. The standard InChI is InChI=1S/C22H14F2N2O4/c23-15-7-14(8-16(24)10-15)19-9-13-1-2-18(11-20(13)30-22(19)28)29-12-21(27)26-17-3-5-25-6-4-17/h1-11H,12H2,(H,25,26,27). The second kappa shape index (κ2) is 8.12. The lowest BCUT2D eigenvalue weighted by Crippen LogP contribution is -2.20. The molecule has 0 unspecified atom stereocenters. The van der Waals surface area contributed by atoms with Gasteiger partial charge in [-0.2, -0.15) is 0 Å². The minimum atomic E-state index is -0.793. The van der Waals surface area contributed by atoms with E-state index in [0.29, 0.717) is 16.8 Å². The molecule has 0 radical (unpaired) electrons. The van der Waals surface area contributed by atoms with Crippen LogP contribution in [0.15, 0.2) is 76.2 Å². The van der Waals surface area contributed by atoms with E-state index >= 15 is 0 Å².